The molecule has 2 aromatic rings. The molecule has 0 fully saturated rings. The molecule has 1 aromatic heterocycles. The van der Waals surface area contributed by atoms with E-state index in [9.17, 15) is 4.79 Å². The lowest BCUT2D eigenvalue weighted by atomic mass is 10.0. The standard InChI is InChI=1S/C14H13BrO2S/c1-2-17-13(10-6-4-3-5-7-10)12(16)14-11(15)8-9-18-14/h3-9,13H,2H2,1H3. The van der Waals surface area contributed by atoms with Gasteiger partial charge in [0.15, 0.2) is 0 Å². The van der Waals surface area contributed by atoms with Gasteiger partial charge >= 0.3 is 0 Å². The fraction of sp³-hybridized carbons (Fsp3) is 0.214. The highest BCUT2D eigenvalue weighted by molar-refractivity contribution is 9.10. The number of benzene rings is 1. The monoisotopic (exact) mass is 324 g/mol. The number of rotatable bonds is 5. The minimum Gasteiger partial charge on any atom is -0.366 e. The molecule has 1 aromatic carbocycles. The van der Waals surface area contributed by atoms with E-state index in [1.54, 1.807) is 0 Å². The molecule has 0 saturated carbocycles. The Balaban J connectivity index is 2.32. The number of Topliss-reactive ketones (excluding diaryl/α,β-unsaturated/α-hetero) is 1. The van der Waals surface area contributed by atoms with Gasteiger partial charge in [-0.15, -0.1) is 11.3 Å². The normalized spacial score (nSPS) is 12.3. The minimum atomic E-state index is -0.522. The molecule has 0 aliphatic heterocycles. The summed E-state index contributed by atoms with van der Waals surface area (Å²) in [5.41, 5.74) is 0.893. The van der Waals surface area contributed by atoms with Crippen LogP contribution >= 0.6 is 27.3 Å². The molecule has 1 unspecified atom stereocenters. The zero-order valence-electron chi connectivity index (χ0n) is 9.93. The SMILES string of the molecule is CCOC(C(=O)c1sccc1Br)c1ccccc1. The molecule has 4 heteroatoms. The summed E-state index contributed by atoms with van der Waals surface area (Å²) in [6.07, 6.45) is -0.522. The van der Waals surface area contributed by atoms with E-state index in [1.165, 1.54) is 11.3 Å². The first kappa shape index (κ1) is 13.5. The van der Waals surface area contributed by atoms with Crippen molar-refractivity contribution < 1.29 is 9.53 Å². The highest BCUT2D eigenvalue weighted by Crippen LogP contribution is 2.30. The van der Waals surface area contributed by atoms with Crippen LogP contribution in [0.4, 0.5) is 0 Å². The van der Waals surface area contributed by atoms with Crippen LogP contribution in [-0.2, 0) is 4.74 Å². The zero-order chi connectivity index (χ0) is 13.0. The molecular formula is C14H13BrO2S. The predicted octanol–water partition coefficient (Wildman–Crippen LogP) is 4.47. The van der Waals surface area contributed by atoms with Crippen LogP contribution in [0.3, 0.4) is 0 Å². The maximum absolute atomic E-state index is 12.5. The predicted molar refractivity (Wildman–Crippen MR) is 77.2 cm³/mol. The maximum atomic E-state index is 12.5. The van der Waals surface area contributed by atoms with E-state index in [0.29, 0.717) is 11.5 Å². The summed E-state index contributed by atoms with van der Waals surface area (Å²) in [7, 11) is 0. The van der Waals surface area contributed by atoms with Gasteiger partial charge < -0.3 is 4.74 Å². The molecule has 18 heavy (non-hydrogen) atoms. The van der Waals surface area contributed by atoms with Crippen molar-refractivity contribution >= 4 is 33.0 Å². The lowest BCUT2D eigenvalue weighted by Gasteiger charge is -2.15. The number of hydrogen-bond donors (Lipinski definition) is 0. The van der Waals surface area contributed by atoms with E-state index in [1.807, 2.05) is 48.7 Å². The Morgan fingerprint density at radius 3 is 2.61 bits per heavy atom. The Morgan fingerprint density at radius 1 is 1.33 bits per heavy atom. The van der Waals surface area contributed by atoms with Gasteiger partial charge in [-0.1, -0.05) is 30.3 Å². The van der Waals surface area contributed by atoms with E-state index >= 15 is 0 Å². The zero-order valence-corrected chi connectivity index (χ0v) is 12.3. The summed E-state index contributed by atoms with van der Waals surface area (Å²) in [6, 6.07) is 11.5. The Kier molecular flexibility index (Phi) is 4.69. The van der Waals surface area contributed by atoms with E-state index < -0.39 is 6.10 Å². The number of carbonyl (C=O) groups is 1. The van der Waals surface area contributed by atoms with Crippen molar-refractivity contribution in [3.05, 3.63) is 56.7 Å². The molecule has 2 nitrogen and oxygen atoms in total. The summed E-state index contributed by atoms with van der Waals surface area (Å²) < 4.78 is 6.44. The quantitative estimate of drug-likeness (QED) is 0.758. The molecule has 0 spiro atoms. The molecule has 1 heterocycles. The van der Waals surface area contributed by atoms with E-state index in [4.69, 9.17) is 4.74 Å². The molecule has 0 aliphatic carbocycles. The van der Waals surface area contributed by atoms with E-state index in [2.05, 4.69) is 15.9 Å². The minimum absolute atomic E-state index is 0.00456. The highest BCUT2D eigenvalue weighted by Gasteiger charge is 2.24. The Bertz CT molecular complexity index is 522. The van der Waals surface area contributed by atoms with Crippen molar-refractivity contribution in [3.63, 3.8) is 0 Å². The second-order valence-electron chi connectivity index (χ2n) is 3.71. The van der Waals surface area contributed by atoms with Gasteiger partial charge in [-0.2, -0.15) is 0 Å². The summed E-state index contributed by atoms with van der Waals surface area (Å²) in [5.74, 6) is 0.00456. The maximum Gasteiger partial charge on any atom is 0.207 e. The van der Waals surface area contributed by atoms with Gasteiger partial charge in [0, 0.05) is 11.1 Å². The fourth-order valence-corrected chi connectivity index (χ4v) is 3.23. The number of hydrogen-bond acceptors (Lipinski definition) is 3. The summed E-state index contributed by atoms with van der Waals surface area (Å²) >= 11 is 4.82. The number of halogens is 1. The lowest BCUT2D eigenvalue weighted by Crippen LogP contribution is -2.15. The van der Waals surface area contributed by atoms with Gasteiger partial charge in [-0.25, -0.2) is 0 Å². The van der Waals surface area contributed by atoms with Gasteiger partial charge in [0.2, 0.25) is 5.78 Å². The van der Waals surface area contributed by atoms with Crippen molar-refractivity contribution in [2.45, 2.75) is 13.0 Å². The second-order valence-corrected chi connectivity index (χ2v) is 5.48. The Labute approximate surface area is 119 Å². The molecule has 0 aliphatic rings. The average molecular weight is 325 g/mol. The van der Waals surface area contributed by atoms with Crippen molar-refractivity contribution in [2.24, 2.45) is 0 Å². The number of carbonyl (C=O) groups excluding carboxylic acids is 1. The molecular weight excluding hydrogens is 312 g/mol. The van der Waals surface area contributed by atoms with Gasteiger partial charge in [0.1, 0.15) is 6.10 Å². The largest absolute Gasteiger partial charge is 0.366 e. The molecule has 0 radical (unpaired) electrons. The van der Waals surface area contributed by atoms with Crippen molar-refractivity contribution in [2.75, 3.05) is 6.61 Å². The lowest BCUT2D eigenvalue weighted by molar-refractivity contribution is 0.0456. The van der Waals surface area contributed by atoms with Gasteiger partial charge in [0.05, 0.1) is 4.88 Å². The smallest absolute Gasteiger partial charge is 0.207 e. The first-order valence-electron chi connectivity index (χ1n) is 5.67. The van der Waals surface area contributed by atoms with Crippen LogP contribution in [0.2, 0.25) is 0 Å². The van der Waals surface area contributed by atoms with Gasteiger partial charge in [-0.3, -0.25) is 4.79 Å². The van der Waals surface area contributed by atoms with Gasteiger partial charge in [-0.05, 0) is 39.9 Å². The highest BCUT2D eigenvalue weighted by atomic mass is 79.9. The van der Waals surface area contributed by atoms with Crippen LogP contribution in [0.5, 0.6) is 0 Å². The van der Waals surface area contributed by atoms with Crippen LogP contribution in [0.25, 0.3) is 0 Å². The number of ether oxygens (including phenoxy) is 1. The average Bonchev–Trinajstić information content (AvgIpc) is 2.82. The third kappa shape index (κ3) is 2.88. The molecule has 1 atom stereocenters. The van der Waals surface area contributed by atoms with Crippen molar-refractivity contribution in [1.82, 2.24) is 0 Å². The second kappa shape index (κ2) is 6.27. The van der Waals surface area contributed by atoms with Crippen LogP contribution in [0.1, 0.15) is 28.3 Å². The first-order chi connectivity index (χ1) is 8.74. The van der Waals surface area contributed by atoms with E-state index in [-0.39, 0.29) is 5.78 Å². The Hall–Kier alpha value is -0.970. The number of ketones is 1. The van der Waals surface area contributed by atoms with Crippen LogP contribution < -0.4 is 0 Å². The molecule has 0 N–H and O–H groups in total. The van der Waals surface area contributed by atoms with Gasteiger partial charge in [0.25, 0.3) is 0 Å². The number of thiophene rings is 1. The molecule has 2 rings (SSSR count). The van der Waals surface area contributed by atoms with Crippen molar-refractivity contribution in [3.8, 4) is 0 Å². The third-order valence-corrected chi connectivity index (χ3v) is 4.37. The van der Waals surface area contributed by atoms with E-state index in [0.717, 1.165) is 10.0 Å². The van der Waals surface area contributed by atoms with Crippen LogP contribution in [0.15, 0.2) is 46.3 Å². The topological polar surface area (TPSA) is 26.3 Å². The van der Waals surface area contributed by atoms with Crippen molar-refractivity contribution in [1.29, 1.82) is 0 Å². The fourth-order valence-electron chi connectivity index (χ4n) is 1.71. The van der Waals surface area contributed by atoms with Crippen LogP contribution in [-0.4, -0.2) is 12.4 Å². The summed E-state index contributed by atoms with van der Waals surface area (Å²) in [4.78, 5) is 13.2. The first-order valence-corrected chi connectivity index (χ1v) is 7.35. The third-order valence-electron chi connectivity index (χ3n) is 2.51. The molecule has 0 saturated heterocycles. The summed E-state index contributed by atoms with van der Waals surface area (Å²) in [5, 5.41) is 1.89. The Morgan fingerprint density at radius 2 is 2.06 bits per heavy atom. The molecule has 0 amide bonds. The molecule has 0 bridgehead atoms. The summed E-state index contributed by atoms with van der Waals surface area (Å²) in [6.45, 7) is 2.40. The molecule has 94 valence electrons. The van der Waals surface area contributed by atoms with Crippen LogP contribution in [0, 0.1) is 0 Å².